The fourth-order valence-corrected chi connectivity index (χ4v) is 1.45. The number of hydrogen-bond acceptors (Lipinski definition) is 1. The molecule has 0 aliphatic carbocycles. The molecule has 64 valence electrons. The monoisotopic (exact) mass is 157 g/mol. The predicted octanol–water partition coefficient (Wildman–Crippen LogP) is 3.04. The van der Waals surface area contributed by atoms with Gasteiger partial charge in [0.15, 0.2) is 0 Å². The van der Waals surface area contributed by atoms with Gasteiger partial charge in [-0.3, -0.25) is 0 Å². The van der Waals surface area contributed by atoms with Crippen molar-refractivity contribution in [2.45, 2.75) is 45.6 Å². The van der Waals surface area contributed by atoms with Crippen LogP contribution in [0.3, 0.4) is 0 Å². The van der Waals surface area contributed by atoms with Gasteiger partial charge in [-0.25, -0.2) is 0 Å². The molecule has 11 heavy (non-hydrogen) atoms. The number of rotatable bonds is 5. The summed E-state index contributed by atoms with van der Waals surface area (Å²) in [6.07, 6.45) is 6.09. The summed E-state index contributed by atoms with van der Waals surface area (Å²) in [6, 6.07) is 0.435. The van der Waals surface area contributed by atoms with Crippen LogP contribution in [0.2, 0.25) is 0 Å². The van der Waals surface area contributed by atoms with Gasteiger partial charge < -0.3 is 4.90 Å². The second-order valence-electron chi connectivity index (χ2n) is 3.09. The first-order chi connectivity index (χ1) is 5.29. The molecule has 0 saturated heterocycles. The fourth-order valence-electron chi connectivity index (χ4n) is 1.45. The van der Waals surface area contributed by atoms with Crippen LogP contribution >= 0.6 is 0 Å². The Morgan fingerprint density at radius 3 is 2.09 bits per heavy atom. The Labute approximate surface area is 67.9 Å². The normalized spacial score (nSPS) is 15.6. The van der Waals surface area contributed by atoms with Crippen LogP contribution in [0.25, 0.3) is 0 Å². The quantitative estimate of drug-likeness (QED) is 0.554. The summed E-state index contributed by atoms with van der Waals surface area (Å²) in [5.74, 6) is -0.0306. The molecule has 1 heterocycles. The highest BCUT2D eigenvalue weighted by Gasteiger charge is 2.27. The van der Waals surface area contributed by atoms with Gasteiger partial charge in [0, 0.05) is 6.04 Å². The molecule has 1 nitrogen and oxygen atoms in total. The highest BCUT2D eigenvalue weighted by atomic mass is 19.1. The van der Waals surface area contributed by atoms with Crippen LogP contribution in [0.4, 0.5) is 4.39 Å². The van der Waals surface area contributed by atoms with Gasteiger partial charge in [0.25, 0.3) is 0 Å². The zero-order valence-corrected chi connectivity index (χ0v) is 7.31. The minimum Gasteiger partial charge on any atom is -0.316 e. The van der Waals surface area contributed by atoms with Crippen LogP contribution < -0.4 is 0 Å². The van der Waals surface area contributed by atoms with Gasteiger partial charge >= 0.3 is 0 Å². The maximum absolute atomic E-state index is 12.5. The van der Waals surface area contributed by atoms with Gasteiger partial charge in [0.1, 0.15) is 0 Å². The lowest BCUT2D eigenvalue weighted by molar-refractivity contribution is 0.322. The first-order valence-corrected chi connectivity index (χ1v) is 4.45. The van der Waals surface area contributed by atoms with Crippen LogP contribution in [0.1, 0.15) is 39.5 Å². The summed E-state index contributed by atoms with van der Waals surface area (Å²) in [7, 11) is 0. The third-order valence-corrected chi connectivity index (χ3v) is 2.06. The minimum atomic E-state index is -0.0306. The van der Waals surface area contributed by atoms with Gasteiger partial charge in [-0.05, 0) is 12.8 Å². The average Bonchev–Trinajstić information content (AvgIpc) is 2.67. The summed E-state index contributed by atoms with van der Waals surface area (Å²) < 4.78 is 12.5. The summed E-state index contributed by atoms with van der Waals surface area (Å²) in [5.41, 5.74) is 0. The number of hydrogen-bond donors (Lipinski definition) is 0. The molecule has 0 aromatic rings. The summed E-state index contributed by atoms with van der Waals surface area (Å²) in [4.78, 5) is 1.76. The van der Waals surface area contributed by atoms with Gasteiger partial charge in [-0.15, -0.1) is 0 Å². The molecule has 1 rings (SSSR count). The van der Waals surface area contributed by atoms with Gasteiger partial charge in [0.05, 0.1) is 6.20 Å². The molecule has 0 radical (unpaired) electrons. The van der Waals surface area contributed by atoms with Crippen molar-refractivity contribution in [3.8, 4) is 0 Å². The first-order valence-electron chi connectivity index (χ1n) is 4.45. The zero-order chi connectivity index (χ0) is 8.27. The van der Waals surface area contributed by atoms with E-state index in [1.807, 2.05) is 0 Å². The minimum absolute atomic E-state index is 0.0306. The summed E-state index contributed by atoms with van der Waals surface area (Å²) in [6.45, 7) is 4.29. The van der Waals surface area contributed by atoms with Crippen LogP contribution in [0.15, 0.2) is 12.2 Å². The van der Waals surface area contributed by atoms with Gasteiger partial charge in [-0.1, -0.05) is 26.7 Å². The maximum atomic E-state index is 12.5. The van der Waals surface area contributed by atoms with Crippen molar-refractivity contribution in [2.24, 2.45) is 0 Å². The standard InChI is InChI=1S/C9H16FN/c1-3-5-8(6-4-2)11-7-9(11)10/h7-8H,3-6H2,1-2H3. The van der Waals surface area contributed by atoms with Gasteiger partial charge in [-0.2, -0.15) is 4.39 Å². The molecule has 1 aliphatic rings. The smallest absolute Gasteiger partial charge is 0.210 e. The van der Waals surface area contributed by atoms with E-state index in [-0.39, 0.29) is 5.95 Å². The molecule has 0 aromatic heterocycles. The molecule has 0 unspecified atom stereocenters. The molecule has 0 amide bonds. The molecule has 2 heteroatoms. The maximum Gasteiger partial charge on any atom is 0.210 e. The van der Waals surface area contributed by atoms with E-state index < -0.39 is 0 Å². The Hall–Kier alpha value is -0.530. The molecular formula is C9H16FN. The van der Waals surface area contributed by atoms with E-state index in [0.717, 1.165) is 25.7 Å². The lowest BCUT2D eigenvalue weighted by Gasteiger charge is -2.17. The van der Waals surface area contributed by atoms with Crippen molar-refractivity contribution in [3.63, 3.8) is 0 Å². The average molecular weight is 157 g/mol. The van der Waals surface area contributed by atoms with Crippen molar-refractivity contribution in [1.82, 2.24) is 4.90 Å². The SMILES string of the molecule is CCCC(CCC)N1C=C1F. The second-order valence-corrected chi connectivity index (χ2v) is 3.09. The fraction of sp³-hybridized carbons (Fsp3) is 0.778. The van der Waals surface area contributed by atoms with Crippen molar-refractivity contribution in [1.29, 1.82) is 0 Å². The van der Waals surface area contributed by atoms with Crippen LogP contribution in [0, 0.1) is 0 Å². The molecule has 0 saturated carbocycles. The molecule has 0 N–H and O–H groups in total. The predicted molar refractivity (Wildman–Crippen MR) is 44.6 cm³/mol. The lowest BCUT2D eigenvalue weighted by atomic mass is 10.1. The Kier molecular flexibility index (Phi) is 2.92. The van der Waals surface area contributed by atoms with E-state index in [1.165, 1.54) is 0 Å². The first kappa shape index (κ1) is 8.57. The Bertz CT molecular complexity index is 148. The molecule has 0 aromatic carbocycles. The van der Waals surface area contributed by atoms with E-state index in [4.69, 9.17) is 0 Å². The summed E-state index contributed by atoms with van der Waals surface area (Å²) in [5, 5.41) is 0. The van der Waals surface area contributed by atoms with Crippen LogP contribution in [-0.2, 0) is 0 Å². The Morgan fingerprint density at radius 1 is 1.36 bits per heavy atom. The third kappa shape index (κ3) is 2.21. The number of halogens is 1. The third-order valence-electron chi connectivity index (χ3n) is 2.06. The van der Waals surface area contributed by atoms with Crippen LogP contribution in [0.5, 0.6) is 0 Å². The lowest BCUT2D eigenvalue weighted by Crippen LogP contribution is -2.18. The van der Waals surface area contributed by atoms with E-state index in [2.05, 4.69) is 13.8 Å². The molecule has 0 atom stereocenters. The van der Waals surface area contributed by atoms with E-state index in [1.54, 1.807) is 11.1 Å². The highest BCUT2D eigenvalue weighted by Crippen LogP contribution is 2.29. The van der Waals surface area contributed by atoms with Gasteiger partial charge in [0.2, 0.25) is 5.95 Å². The molecule has 0 bridgehead atoms. The topological polar surface area (TPSA) is 3.01 Å². The van der Waals surface area contributed by atoms with E-state index >= 15 is 0 Å². The van der Waals surface area contributed by atoms with Crippen molar-refractivity contribution in [3.05, 3.63) is 12.2 Å². The van der Waals surface area contributed by atoms with Crippen molar-refractivity contribution < 1.29 is 4.39 Å². The Balaban J connectivity index is 2.23. The van der Waals surface area contributed by atoms with Crippen molar-refractivity contribution >= 4 is 0 Å². The highest BCUT2D eigenvalue weighted by molar-refractivity contribution is 5.12. The molecule has 1 aliphatic heterocycles. The molecular weight excluding hydrogens is 141 g/mol. The molecule has 0 spiro atoms. The number of nitrogens with zero attached hydrogens (tertiary/aromatic N) is 1. The molecule has 0 fully saturated rings. The second kappa shape index (κ2) is 3.74. The summed E-state index contributed by atoms with van der Waals surface area (Å²) >= 11 is 0. The largest absolute Gasteiger partial charge is 0.316 e. The van der Waals surface area contributed by atoms with E-state index in [9.17, 15) is 4.39 Å². The van der Waals surface area contributed by atoms with Crippen molar-refractivity contribution in [2.75, 3.05) is 0 Å². The van der Waals surface area contributed by atoms with Crippen LogP contribution in [-0.4, -0.2) is 10.9 Å². The zero-order valence-electron chi connectivity index (χ0n) is 7.31. The Morgan fingerprint density at radius 2 is 1.82 bits per heavy atom. The van der Waals surface area contributed by atoms with E-state index in [0.29, 0.717) is 6.04 Å².